The molecule has 34 heteroatoms. The minimum Gasteiger partial charge on any atom is -0.481 e. The summed E-state index contributed by atoms with van der Waals surface area (Å²) in [7, 11) is 0. The first-order chi connectivity index (χ1) is 32.7. The molecule has 0 fully saturated rings. The van der Waals surface area contributed by atoms with Crippen molar-refractivity contribution >= 4 is 89.0 Å². The van der Waals surface area contributed by atoms with Crippen LogP contribution in [0.1, 0.15) is 57.8 Å². The van der Waals surface area contributed by atoms with Crippen molar-refractivity contribution in [2.45, 2.75) is 94.0 Å². The highest BCUT2D eigenvalue weighted by molar-refractivity contribution is 5.98. The number of aliphatic imine (C=N–C) groups is 3. The Morgan fingerprint density at radius 3 is 1.00 bits per heavy atom. The molecule has 0 aliphatic rings. The Bertz CT molecular complexity index is 1970. The molecule has 0 saturated heterocycles. The number of nitrogens with one attached hydrogen (secondary N) is 8. The predicted molar refractivity (Wildman–Crippen MR) is 241 cm³/mol. The van der Waals surface area contributed by atoms with E-state index in [0.29, 0.717) is 6.42 Å². The molecule has 0 aliphatic heterocycles. The molecule has 0 unspecified atom stereocenters. The molecule has 0 aliphatic carbocycles. The van der Waals surface area contributed by atoms with Crippen LogP contribution in [0.15, 0.2) is 15.0 Å². The molecule has 0 heterocycles. The van der Waals surface area contributed by atoms with Crippen molar-refractivity contribution in [3.63, 3.8) is 0 Å². The van der Waals surface area contributed by atoms with Crippen LogP contribution in [0.3, 0.4) is 0 Å². The highest BCUT2D eigenvalue weighted by Gasteiger charge is 2.32. The number of carbonyl (C=O) groups excluding carboxylic acids is 8. The zero-order chi connectivity index (χ0) is 53.5. The van der Waals surface area contributed by atoms with Crippen LogP contribution in [0.2, 0.25) is 0 Å². The van der Waals surface area contributed by atoms with Gasteiger partial charge in [-0.05, 0) is 38.5 Å². The Hall–Kier alpha value is -8.59. The number of hydrogen-bond acceptors (Lipinski definition) is 16. The Morgan fingerprint density at radius 2 is 0.686 bits per heavy atom. The lowest BCUT2D eigenvalue weighted by molar-refractivity contribution is -0.147. The molecule has 34 nitrogen and oxygen atoms in total. The maximum absolute atomic E-state index is 13.4. The van der Waals surface area contributed by atoms with Crippen molar-refractivity contribution in [2.75, 3.05) is 39.3 Å². The second kappa shape index (κ2) is 33.0. The number of rotatable bonds is 35. The standard InChI is InChI=1S/C36H62N18O16/c37-16(4-1-7-44-34(38)39)28(64)47-13-22(55)50-19(10-25(58)59)31(67)53-17(5-2-8-45-35(40)41)29(65)48-14-23(56)51-20(11-26(60)61)32(68)54-18(6-3-9-46-36(42)43)30(66)49-15-24(57)52-21(33(69)70)12-27(62)63/h16-21H,1-15,37H2,(H,47,64)(H,48,65)(H,49,66)(H,50,55)(H,51,56)(H,52,57)(H,53,67)(H,54,68)(H,58,59)(H,60,61)(H,62,63)(H,69,70)(H4,38,39,44)(H4,40,41,45)(H4,42,43,46)/t16-,17-,18-,19-,20-,21-/m0/s1. The minimum absolute atomic E-state index is 0.00350. The summed E-state index contributed by atoms with van der Waals surface area (Å²) < 4.78 is 0. The maximum Gasteiger partial charge on any atom is 0.326 e. The first-order valence-electron chi connectivity index (χ1n) is 20.8. The first kappa shape index (κ1) is 61.4. The topological polar surface area (TPSA) is 601 Å². The molecular weight excluding hydrogens is 941 g/mol. The van der Waals surface area contributed by atoms with Gasteiger partial charge in [-0.15, -0.1) is 0 Å². The monoisotopic (exact) mass is 1000 g/mol. The Labute approximate surface area is 397 Å². The van der Waals surface area contributed by atoms with Crippen molar-refractivity contribution < 1.29 is 78.0 Å². The van der Waals surface area contributed by atoms with E-state index in [0.717, 1.165) is 0 Å². The fourth-order valence-corrected chi connectivity index (χ4v) is 5.50. The third-order valence-electron chi connectivity index (χ3n) is 8.80. The van der Waals surface area contributed by atoms with E-state index in [1.165, 1.54) is 0 Å². The minimum atomic E-state index is -1.93. The molecule has 8 amide bonds. The average molecular weight is 1000 g/mol. The van der Waals surface area contributed by atoms with E-state index in [2.05, 4.69) is 52.2 Å². The van der Waals surface area contributed by atoms with Gasteiger partial charge in [-0.2, -0.15) is 0 Å². The van der Waals surface area contributed by atoms with Crippen LogP contribution < -0.4 is 82.7 Å². The molecule has 0 aromatic rings. The van der Waals surface area contributed by atoms with Gasteiger partial charge < -0.3 is 103 Å². The van der Waals surface area contributed by atoms with Crippen LogP contribution in [0.25, 0.3) is 0 Å². The smallest absolute Gasteiger partial charge is 0.326 e. The van der Waals surface area contributed by atoms with Crippen LogP contribution in [0.5, 0.6) is 0 Å². The molecule has 0 spiro atoms. The van der Waals surface area contributed by atoms with Gasteiger partial charge in [0.05, 0.1) is 44.9 Å². The van der Waals surface area contributed by atoms with Crippen molar-refractivity contribution in [2.24, 2.45) is 55.1 Å². The van der Waals surface area contributed by atoms with E-state index in [9.17, 15) is 67.7 Å². The van der Waals surface area contributed by atoms with Gasteiger partial charge in [-0.3, -0.25) is 67.7 Å². The number of hydrogen-bond donors (Lipinski definition) is 19. The third-order valence-corrected chi connectivity index (χ3v) is 8.80. The van der Waals surface area contributed by atoms with Crippen LogP contribution >= 0.6 is 0 Å². The summed E-state index contributed by atoms with van der Waals surface area (Å²) in [5.41, 5.74) is 37.6. The highest BCUT2D eigenvalue weighted by atomic mass is 16.4. The number of carboxylic acid groups (broad SMARTS) is 4. The molecule has 0 bridgehead atoms. The molecule has 70 heavy (non-hydrogen) atoms. The van der Waals surface area contributed by atoms with E-state index in [1.807, 2.05) is 5.32 Å². The lowest BCUT2D eigenvalue weighted by Gasteiger charge is -2.23. The molecule has 392 valence electrons. The Balaban J connectivity index is 6.05. The quantitative estimate of drug-likeness (QED) is 0.0159. The molecule has 6 atom stereocenters. The molecule has 0 rings (SSSR count). The summed E-state index contributed by atoms with van der Waals surface area (Å²) in [6.07, 6.45) is -3.20. The lowest BCUT2D eigenvalue weighted by atomic mass is 10.1. The van der Waals surface area contributed by atoms with Crippen molar-refractivity contribution in [1.82, 2.24) is 42.5 Å². The van der Waals surface area contributed by atoms with Crippen molar-refractivity contribution in [1.29, 1.82) is 0 Å². The third kappa shape index (κ3) is 29.1. The zero-order valence-electron chi connectivity index (χ0n) is 37.6. The van der Waals surface area contributed by atoms with Gasteiger partial charge in [0.15, 0.2) is 17.9 Å². The average Bonchev–Trinajstić information content (AvgIpc) is 3.25. The number of aliphatic carboxylic acids is 4. The zero-order valence-corrected chi connectivity index (χ0v) is 37.6. The van der Waals surface area contributed by atoms with E-state index >= 15 is 0 Å². The summed E-state index contributed by atoms with van der Waals surface area (Å²) in [6, 6.07) is -9.87. The summed E-state index contributed by atoms with van der Waals surface area (Å²) in [5, 5.41) is 54.1. The summed E-state index contributed by atoms with van der Waals surface area (Å²) in [6.45, 7) is -2.64. The second-order valence-corrected chi connectivity index (χ2v) is 14.7. The van der Waals surface area contributed by atoms with Crippen molar-refractivity contribution in [3.8, 4) is 0 Å². The van der Waals surface area contributed by atoms with E-state index in [-0.39, 0.29) is 69.6 Å². The predicted octanol–water partition coefficient (Wildman–Crippen LogP) is -10.2. The number of carbonyl (C=O) groups is 12. The second-order valence-electron chi connectivity index (χ2n) is 14.7. The Kier molecular flexibility index (Phi) is 28.9. The number of amides is 8. The Morgan fingerprint density at radius 1 is 0.386 bits per heavy atom. The van der Waals surface area contributed by atoms with E-state index < -0.39 is 146 Å². The lowest BCUT2D eigenvalue weighted by Crippen LogP contribution is -2.57. The molecule has 0 aromatic heterocycles. The fraction of sp³-hybridized carbons (Fsp3) is 0.583. The SMILES string of the molecule is NC(N)=NCCC[C@H](NC(=O)[C@H](CC(=O)O)NC(=O)CNC(=O)[C@H](CCCN=C(N)N)NC(=O)[C@H](CC(=O)O)NC(=O)CNC(=O)[C@@H](N)CCCN=C(N)N)C(=O)NCC(=O)N[C@@H](CC(=O)O)C(=O)O. The van der Waals surface area contributed by atoms with Gasteiger partial charge in [0.2, 0.25) is 47.3 Å². The van der Waals surface area contributed by atoms with Gasteiger partial charge in [0.1, 0.15) is 30.2 Å². The number of nitrogens with two attached hydrogens (primary N) is 7. The number of guanidine groups is 3. The summed E-state index contributed by atoms with van der Waals surface area (Å²) in [5.74, 6) is -16.0. The van der Waals surface area contributed by atoms with Crippen LogP contribution in [-0.2, 0) is 57.5 Å². The summed E-state index contributed by atoms with van der Waals surface area (Å²) in [4.78, 5) is 161. The van der Waals surface area contributed by atoms with Gasteiger partial charge in [0, 0.05) is 19.6 Å². The molecule has 0 saturated carbocycles. The van der Waals surface area contributed by atoms with Gasteiger partial charge in [-0.25, -0.2) is 4.79 Å². The largest absolute Gasteiger partial charge is 0.481 e. The maximum atomic E-state index is 13.4. The van der Waals surface area contributed by atoms with Gasteiger partial charge in [-0.1, -0.05) is 0 Å². The number of carboxylic acids is 4. The van der Waals surface area contributed by atoms with Crippen LogP contribution in [0.4, 0.5) is 0 Å². The van der Waals surface area contributed by atoms with Crippen LogP contribution in [-0.4, -0.2) is 185 Å². The normalized spacial score (nSPS) is 13.0. The van der Waals surface area contributed by atoms with Crippen molar-refractivity contribution in [3.05, 3.63) is 0 Å². The van der Waals surface area contributed by atoms with E-state index in [1.54, 1.807) is 0 Å². The first-order valence-corrected chi connectivity index (χ1v) is 20.8. The fourth-order valence-electron chi connectivity index (χ4n) is 5.50. The van der Waals surface area contributed by atoms with Gasteiger partial charge in [0.25, 0.3) is 0 Å². The molecule has 26 N–H and O–H groups in total. The molecular formula is C36H62N18O16. The van der Waals surface area contributed by atoms with Gasteiger partial charge >= 0.3 is 23.9 Å². The molecule has 0 radical (unpaired) electrons. The highest BCUT2D eigenvalue weighted by Crippen LogP contribution is 2.05. The molecule has 0 aromatic carbocycles. The number of nitrogens with zero attached hydrogens (tertiary/aromatic N) is 3. The van der Waals surface area contributed by atoms with Crippen LogP contribution in [0, 0.1) is 0 Å². The summed E-state index contributed by atoms with van der Waals surface area (Å²) >= 11 is 0. The van der Waals surface area contributed by atoms with E-state index in [4.69, 9.17) is 50.3 Å².